The van der Waals surface area contributed by atoms with Crippen LogP contribution in [-0.4, -0.2) is 44.2 Å². The molecule has 1 aliphatic rings. The van der Waals surface area contributed by atoms with E-state index in [1.165, 1.54) is 6.20 Å². The standard InChI is InChI=1S/C23H23N7O2/c1-14(2)28-20-9-22(30-23-17(12-27-30)7-15(10-24)11-26-23)25-13-18(20)21-8-19(29-32-21)16-3-5-31-6-4-16/h7-9,11-14,16H,3-6H2,1-2H3,(H,25,28). The minimum atomic E-state index is 0.201. The number of nitriles is 1. The van der Waals surface area contributed by atoms with E-state index in [0.717, 1.165) is 48.4 Å². The minimum Gasteiger partial charge on any atom is -0.382 e. The Labute approximate surface area is 185 Å². The highest BCUT2D eigenvalue weighted by Gasteiger charge is 2.22. The second-order valence-corrected chi connectivity index (χ2v) is 8.19. The van der Waals surface area contributed by atoms with Crippen molar-refractivity contribution in [1.82, 2.24) is 24.9 Å². The van der Waals surface area contributed by atoms with E-state index in [1.54, 1.807) is 23.1 Å². The molecule has 1 fully saturated rings. The van der Waals surface area contributed by atoms with Gasteiger partial charge in [-0.05, 0) is 32.8 Å². The lowest BCUT2D eigenvalue weighted by Gasteiger charge is -2.19. The van der Waals surface area contributed by atoms with Crippen LogP contribution < -0.4 is 5.32 Å². The molecule has 1 aliphatic heterocycles. The average Bonchev–Trinajstić information content (AvgIpc) is 3.46. The smallest absolute Gasteiger partial charge is 0.170 e. The molecule has 162 valence electrons. The predicted molar refractivity (Wildman–Crippen MR) is 118 cm³/mol. The topological polar surface area (TPSA) is 115 Å². The van der Waals surface area contributed by atoms with Gasteiger partial charge in [0, 0.05) is 55.1 Å². The molecule has 0 amide bonds. The third kappa shape index (κ3) is 3.81. The summed E-state index contributed by atoms with van der Waals surface area (Å²) < 4.78 is 12.8. The van der Waals surface area contributed by atoms with Crippen LogP contribution in [0.5, 0.6) is 0 Å². The number of pyridine rings is 2. The van der Waals surface area contributed by atoms with Crippen LogP contribution >= 0.6 is 0 Å². The lowest BCUT2D eigenvalue weighted by atomic mass is 9.96. The molecule has 0 atom stereocenters. The Morgan fingerprint density at radius 1 is 1.12 bits per heavy atom. The second kappa shape index (κ2) is 8.40. The summed E-state index contributed by atoms with van der Waals surface area (Å²) in [7, 11) is 0. The molecule has 0 aromatic carbocycles. The normalized spacial score (nSPS) is 14.7. The Hall–Kier alpha value is -3.77. The maximum Gasteiger partial charge on any atom is 0.170 e. The summed E-state index contributed by atoms with van der Waals surface area (Å²) in [5.74, 6) is 1.65. The fourth-order valence-corrected chi connectivity index (χ4v) is 3.94. The zero-order valence-corrected chi connectivity index (χ0v) is 17.9. The van der Waals surface area contributed by atoms with Crippen molar-refractivity contribution in [2.45, 2.75) is 38.6 Å². The highest BCUT2D eigenvalue weighted by molar-refractivity contribution is 5.79. The Morgan fingerprint density at radius 3 is 2.75 bits per heavy atom. The number of ether oxygens (including phenoxy) is 1. The minimum absolute atomic E-state index is 0.201. The summed E-state index contributed by atoms with van der Waals surface area (Å²) in [6.45, 7) is 5.66. The number of hydrogen-bond acceptors (Lipinski definition) is 8. The molecule has 0 radical (unpaired) electrons. The van der Waals surface area contributed by atoms with Gasteiger partial charge in [0.2, 0.25) is 0 Å². The number of nitrogens with one attached hydrogen (secondary N) is 1. The number of nitrogens with zero attached hydrogens (tertiary/aromatic N) is 6. The second-order valence-electron chi connectivity index (χ2n) is 8.19. The molecule has 0 bridgehead atoms. The van der Waals surface area contributed by atoms with Gasteiger partial charge in [0.05, 0.1) is 28.7 Å². The van der Waals surface area contributed by atoms with Crippen LogP contribution in [0.25, 0.3) is 28.2 Å². The summed E-state index contributed by atoms with van der Waals surface area (Å²) in [4.78, 5) is 9.02. The predicted octanol–water partition coefficient (Wildman–Crippen LogP) is 4.06. The van der Waals surface area contributed by atoms with Crippen molar-refractivity contribution < 1.29 is 9.26 Å². The van der Waals surface area contributed by atoms with Gasteiger partial charge in [-0.1, -0.05) is 5.16 Å². The van der Waals surface area contributed by atoms with Crippen LogP contribution in [-0.2, 0) is 4.74 Å². The van der Waals surface area contributed by atoms with Crippen LogP contribution in [0.1, 0.15) is 43.9 Å². The first-order chi connectivity index (χ1) is 15.6. The molecule has 5 rings (SSSR count). The first-order valence-corrected chi connectivity index (χ1v) is 10.7. The van der Waals surface area contributed by atoms with Gasteiger partial charge in [0.1, 0.15) is 6.07 Å². The fraction of sp³-hybridized carbons (Fsp3) is 0.348. The third-order valence-electron chi connectivity index (χ3n) is 5.52. The zero-order valence-electron chi connectivity index (χ0n) is 17.9. The molecule has 9 heteroatoms. The molecule has 5 heterocycles. The van der Waals surface area contributed by atoms with Crippen molar-refractivity contribution in [2.24, 2.45) is 0 Å². The lowest BCUT2D eigenvalue weighted by Crippen LogP contribution is -2.14. The first-order valence-electron chi connectivity index (χ1n) is 10.7. The molecular formula is C23H23N7O2. The molecule has 0 spiro atoms. The van der Waals surface area contributed by atoms with Gasteiger partial charge >= 0.3 is 0 Å². The molecule has 1 N–H and O–H groups in total. The Bertz CT molecular complexity index is 1300. The summed E-state index contributed by atoms with van der Waals surface area (Å²) in [5, 5.41) is 22.1. The van der Waals surface area contributed by atoms with E-state index in [4.69, 9.17) is 14.5 Å². The molecule has 0 aliphatic carbocycles. The van der Waals surface area contributed by atoms with E-state index >= 15 is 0 Å². The molecule has 0 saturated carbocycles. The number of aromatic nitrogens is 5. The van der Waals surface area contributed by atoms with Crippen LogP contribution in [0.4, 0.5) is 5.69 Å². The number of hydrogen-bond donors (Lipinski definition) is 1. The largest absolute Gasteiger partial charge is 0.382 e. The third-order valence-corrected chi connectivity index (χ3v) is 5.52. The van der Waals surface area contributed by atoms with Crippen LogP contribution in [0.15, 0.2) is 41.3 Å². The molecule has 4 aromatic rings. The van der Waals surface area contributed by atoms with Gasteiger partial charge in [-0.2, -0.15) is 15.0 Å². The molecule has 0 unspecified atom stereocenters. The van der Waals surface area contributed by atoms with Crippen LogP contribution in [0.3, 0.4) is 0 Å². The van der Waals surface area contributed by atoms with Gasteiger partial charge < -0.3 is 14.6 Å². The van der Waals surface area contributed by atoms with Gasteiger partial charge in [-0.25, -0.2) is 9.97 Å². The maximum atomic E-state index is 9.11. The van der Waals surface area contributed by atoms with E-state index < -0.39 is 0 Å². The molecule has 4 aromatic heterocycles. The first kappa shape index (κ1) is 20.2. The van der Waals surface area contributed by atoms with Crippen molar-refractivity contribution in [2.75, 3.05) is 18.5 Å². The van der Waals surface area contributed by atoms with Gasteiger partial charge in [0.25, 0.3) is 0 Å². The van der Waals surface area contributed by atoms with Crippen LogP contribution in [0.2, 0.25) is 0 Å². The monoisotopic (exact) mass is 429 g/mol. The van der Waals surface area contributed by atoms with Gasteiger partial charge in [-0.15, -0.1) is 0 Å². The number of anilines is 1. The van der Waals surface area contributed by atoms with Gasteiger partial charge in [0.15, 0.2) is 17.2 Å². The van der Waals surface area contributed by atoms with Crippen molar-refractivity contribution in [3.63, 3.8) is 0 Å². The summed E-state index contributed by atoms with van der Waals surface area (Å²) >= 11 is 0. The molecule has 1 saturated heterocycles. The Morgan fingerprint density at radius 2 is 1.97 bits per heavy atom. The Balaban J connectivity index is 1.53. The average molecular weight is 429 g/mol. The van der Waals surface area contributed by atoms with Crippen LogP contribution in [0, 0.1) is 11.3 Å². The SMILES string of the molecule is CC(C)Nc1cc(-n2ncc3cc(C#N)cnc32)ncc1-c1cc(C2CCOCC2)no1. The van der Waals surface area contributed by atoms with Crippen molar-refractivity contribution in [1.29, 1.82) is 5.26 Å². The van der Waals surface area contributed by atoms with Crippen molar-refractivity contribution >= 4 is 16.7 Å². The molecular weight excluding hydrogens is 406 g/mol. The van der Waals surface area contributed by atoms with E-state index in [-0.39, 0.29) is 6.04 Å². The lowest BCUT2D eigenvalue weighted by molar-refractivity contribution is 0.0838. The highest BCUT2D eigenvalue weighted by Crippen LogP contribution is 2.34. The summed E-state index contributed by atoms with van der Waals surface area (Å²) in [6, 6.07) is 8.00. The number of fused-ring (bicyclic) bond motifs is 1. The van der Waals surface area contributed by atoms with Gasteiger partial charge in [-0.3, -0.25) is 0 Å². The summed E-state index contributed by atoms with van der Waals surface area (Å²) in [5.41, 5.74) is 3.80. The van der Waals surface area contributed by atoms with Crippen molar-refractivity contribution in [3.05, 3.63) is 48.0 Å². The highest BCUT2D eigenvalue weighted by atomic mass is 16.5. The van der Waals surface area contributed by atoms with Crippen molar-refractivity contribution in [3.8, 4) is 23.2 Å². The molecule has 32 heavy (non-hydrogen) atoms. The van der Waals surface area contributed by atoms with E-state index in [9.17, 15) is 0 Å². The maximum absolute atomic E-state index is 9.11. The number of rotatable bonds is 5. The van der Waals surface area contributed by atoms with E-state index in [0.29, 0.717) is 28.7 Å². The zero-order chi connectivity index (χ0) is 22.1. The summed E-state index contributed by atoms with van der Waals surface area (Å²) in [6.07, 6.45) is 6.89. The van der Waals surface area contributed by atoms with E-state index in [1.807, 2.05) is 12.1 Å². The molecule has 9 nitrogen and oxygen atoms in total. The quantitative estimate of drug-likeness (QED) is 0.505. The fourth-order valence-electron chi connectivity index (χ4n) is 3.94. The Kier molecular flexibility index (Phi) is 5.29. The van der Waals surface area contributed by atoms with E-state index in [2.05, 4.69) is 45.5 Å².